The SMILES string of the molecule is C=CCCC(=O)Cn1cc(CCC)nn1. The third-order valence-electron chi connectivity index (χ3n) is 2.06. The zero-order valence-corrected chi connectivity index (χ0v) is 9.15. The van der Waals surface area contributed by atoms with Crippen molar-refractivity contribution in [2.24, 2.45) is 0 Å². The van der Waals surface area contributed by atoms with Crippen LogP contribution in [0.25, 0.3) is 0 Å². The highest BCUT2D eigenvalue weighted by atomic mass is 16.1. The fraction of sp³-hybridized carbons (Fsp3) is 0.545. The first-order valence-electron chi connectivity index (χ1n) is 5.28. The molecular formula is C11H17N3O. The Kier molecular flexibility index (Phi) is 4.74. The Morgan fingerprint density at radius 3 is 3.13 bits per heavy atom. The standard InChI is InChI=1S/C11H17N3O/c1-3-5-7-11(15)9-14-8-10(6-4-2)12-13-14/h3,8H,1,4-7,9H2,2H3. The number of rotatable bonds is 7. The molecule has 0 unspecified atom stereocenters. The molecule has 1 heterocycles. The molecule has 4 nitrogen and oxygen atoms in total. The molecule has 0 bridgehead atoms. The Labute approximate surface area is 90.0 Å². The van der Waals surface area contributed by atoms with E-state index in [9.17, 15) is 4.79 Å². The minimum Gasteiger partial charge on any atom is -0.298 e. The Bertz CT molecular complexity index is 330. The van der Waals surface area contributed by atoms with Crippen LogP contribution in [0, 0.1) is 0 Å². The summed E-state index contributed by atoms with van der Waals surface area (Å²) in [5.74, 6) is 0.169. The maximum absolute atomic E-state index is 11.4. The van der Waals surface area contributed by atoms with Gasteiger partial charge in [0.2, 0.25) is 0 Å². The zero-order chi connectivity index (χ0) is 11.1. The normalized spacial score (nSPS) is 10.2. The van der Waals surface area contributed by atoms with Crippen LogP contribution >= 0.6 is 0 Å². The van der Waals surface area contributed by atoms with E-state index >= 15 is 0 Å². The lowest BCUT2D eigenvalue weighted by molar-refractivity contribution is -0.119. The number of carbonyl (C=O) groups excluding carboxylic acids is 1. The number of hydrogen-bond donors (Lipinski definition) is 0. The van der Waals surface area contributed by atoms with Crippen molar-refractivity contribution in [3.63, 3.8) is 0 Å². The van der Waals surface area contributed by atoms with Crippen molar-refractivity contribution in [2.75, 3.05) is 0 Å². The summed E-state index contributed by atoms with van der Waals surface area (Å²) in [6, 6.07) is 0. The van der Waals surface area contributed by atoms with E-state index in [0.29, 0.717) is 13.0 Å². The number of aromatic nitrogens is 3. The van der Waals surface area contributed by atoms with Crippen molar-refractivity contribution < 1.29 is 4.79 Å². The Balaban J connectivity index is 2.42. The lowest BCUT2D eigenvalue weighted by Gasteiger charge is -1.97. The van der Waals surface area contributed by atoms with Gasteiger partial charge in [0.05, 0.1) is 5.69 Å². The summed E-state index contributed by atoms with van der Waals surface area (Å²) in [5, 5.41) is 7.88. The van der Waals surface area contributed by atoms with Gasteiger partial charge in [-0.3, -0.25) is 4.79 Å². The summed E-state index contributed by atoms with van der Waals surface area (Å²) in [5.41, 5.74) is 0.953. The van der Waals surface area contributed by atoms with E-state index in [4.69, 9.17) is 0 Å². The van der Waals surface area contributed by atoms with Crippen LogP contribution in [0.2, 0.25) is 0 Å². The van der Waals surface area contributed by atoms with Crippen molar-refractivity contribution in [2.45, 2.75) is 39.2 Å². The van der Waals surface area contributed by atoms with E-state index < -0.39 is 0 Å². The molecule has 82 valence electrons. The van der Waals surface area contributed by atoms with E-state index in [0.717, 1.165) is 25.0 Å². The average Bonchev–Trinajstić information content (AvgIpc) is 2.63. The fourth-order valence-corrected chi connectivity index (χ4v) is 1.31. The molecule has 0 spiro atoms. The van der Waals surface area contributed by atoms with Gasteiger partial charge < -0.3 is 0 Å². The van der Waals surface area contributed by atoms with Crippen LogP contribution < -0.4 is 0 Å². The van der Waals surface area contributed by atoms with Gasteiger partial charge in [-0.25, -0.2) is 4.68 Å². The lowest BCUT2D eigenvalue weighted by atomic mass is 10.2. The number of hydrogen-bond acceptors (Lipinski definition) is 3. The van der Waals surface area contributed by atoms with Crippen LogP contribution in [-0.4, -0.2) is 20.8 Å². The van der Waals surface area contributed by atoms with Gasteiger partial charge in [0.25, 0.3) is 0 Å². The van der Waals surface area contributed by atoms with Gasteiger partial charge in [0.1, 0.15) is 6.54 Å². The Morgan fingerprint density at radius 2 is 2.47 bits per heavy atom. The highest BCUT2D eigenvalue weighted by molar-refractivity contribution is 5.78. The molecule has 4 heteroatoms. The molecule has 1 aromatic rings. The molecule has 0 atom stereocenters. The summed E-state index contributed by atoms with van der Waals surface area (Å²) in [6.45, 7) is 6.00. The molecule has 0 radical (unpaired) electrons. The molecule has 0 saturated carbocycles. The van der Waals surface area contributed by atoms with Gasteiger partial charge in [-0.05, 0) is 12.8 Å². The van der Waals surface area contributed by atoms with E-state index in [1.54, 1.807) is 10.8 Å². The average molecular weight is 207 g/mol. The van der Waals surface area contributed by atoms with E-state index in [2.05, 4.69) is 23.8 Å². The van der Waals surface area contributed by atoms with Gasteiger partial charge in [-0.15, -0.1) is 11.7 Å². The summed E-state index contributed by atoms with van der Waals surface area (Å²) in [7, 11) is 0. The van der Waals surface area contributed by atoms with Gasteiger partial charge in [-0.1, -0.05) is 24.6 Å². The van der Waals surface area contributed by atoms with Gasteiger partial charge in [-0.2, -0.15) is 0 Å². The van der Waals surface area contributed by atoms with Crippen LogP contribution in [0.1, 0.15) is 31.9 Å². The van der Waals surface area contributed by atoms with Crippen LogP contribution in [0.5, 0.6) is 0 Å². The maximum atomic E-state index is 11.4. The lowest BCUT2D eigenvalue weighted by Crippen LogP contribution is -2.10. The van der Waals surface area contributed by atoms with E-state index in [1.165, 1.54) is 0 Å². The first kappa shape index (κ1) is 11.6. The molecule has 1 rings (SSSR count). The predicted octanol–water partition coefficient (Wildman–Crippen LogP) is 1.77. The third kappa shape index (κ3) is 4.06. The molecule has 1 aromatic heterocycles. The molecular weight excluding hydrogens is 190 g/mol. The number of ketones is 1. The summed E-state index contributed by atoms with van der Waals surface area (Å²) < 4.78 is 1.61. The summed E-state index contributed by atoms with van der Waals surface area (Å²) in [6.07, 6.45) is 6.82. The molecule has 0 aliphatic rings. The highest BCUT2D eigenvalue weighted by Gasteiger charge is 2.04. The monoisotopic (exact) mass is 207 g/mol. The van der Waals surface area contributed by atoms with E-state index in [-0.39, 0.29) is 5.78 Å². The predicted molar refractivity (Wildman–Crippen MR) is 58.5 cm³/mol. The Morgan fingerprint density at radius 1 is 1.67 bits per heavy atom. The first-order chi connectivity index (χ1) is 7.26. The molecule has 0 aromatic carbocycles. The fourth-order valence-electron chi connectivity index (χ4n) is 1.31. The summed E-state index contributed by atoms with van der Waals surface area (Å²) >= 11 is 0. The van der Waals surface area contributed by atoms with Crippen molar-refractivity contribution in [3.8, 4) is 0 Å². The molecule has 0 amide bonds. The minimum absolute atomic E-state index is 0.169. The molecule has 0 aliphatic heterocycles. The second kappa shape index (κ2) is 6.11. The molecule has 0 aliphatic carbocycles. The smallest absolute Gasteiger partial charge is 0.154 e. The number of allylic oxidation sites excluding steroid dienone is 1. The first-order valence-corrected chi connectivity index (χ1v) is 5.28. The number of nitrogens with zero attached hydrogens (tertiary/aromatic N) is 3. The van der Waals surface area contributed by atoms with Crippen LogP contribution in [-0.2, 0) is 17.8 Å². The van der Waals surface area contributed by atoms with Gasteiger partial charge in [0.15, 0.2) is 5.78 Å². The van der Waals surface area contributed by atoms with E-state index in [1.807, 2.05) is 6.20 Å². The Hall–Kier alpha value is -1.45. The van der Waals surface area contributed by atoms with Crippen molar-refractivity contribution in [3.05, 3.63) is 24.5 Å². The van der Waals surface area contributed by atoms with Crippen LogP contribution in [0.3, 0.4) is 0 Å². The van der Waals surface area contributed by atoms with Gasteiger partial charge >= 0.3 is 0 Å². The van der Waals surface area contributed by atoms with Gasteiger partial charge in [0, 0.05) is 12.6 Å². The van der Waals surface area contributed by atoms with Crippen LogP contribution in [0.4, 0.5) is 0 Å². The molecule has 0 saturated heterocycles. The highest BCUT2D eigenvalue weighted by Crippen LogP contribution is 1.99. The summed E-state index contributed by atoms with van der Waals surface area (Å²) in [4.78, 5) is 11.4. The zero-order valence-electron chi connectivity index (χ0n) is 9.15. The second-order valence-electron chi connectivity index (χ2n) is 3.52. The number of aryl methyl sites for hydroxylation is 1. The minimum atomic E-state index is 0.169. The van der Waals surface area contributed by atoms with Crippen molar-refractivity contribution in [1.29, 1.82) is 0 Å². The second-order valence-corrected chi connectivity index (χ2v) is 3.52. The maximum Gasteiger partial charge on any atom is 0.154 e. The molecule has 15 heavy (non-hydrogen) atoms. The quantitative estimate of drug-likeness (QED) is 0.640. The molecule has 0 fully saturated rings. The third-order valence-corrected chi connectivity index (χ3v) is 2.06. The van der Waals surface area contributed by atoms with Crippen molar-refractivity contribution >= 4 is 5.78 Å². The topological polar surface area (TPSA) is 47.8 Å². The largest absolute Gasteiger partial charge is 0.298 e. The van der Waals surface area contributed by atoms with Crippen LogP contribution in [0.15, 0.2) is 18.9 Å². The van der Waals surface area contributed by atoms with Crippen molar-refractivity contribution in [1.82, 2.24) is 15.0 Å². The molecule has 0 N–H and O–H groups in total. The number of carbonyl (C=O) groups is 1. The number of Topliss-reactive ketones (excluding diaryl/α,β-unsaturated/α-hetero) is 1.